The summed E-state index contributed by atoms with van der Waals surface area (Å²) in [6.07, 6.45) is 4.98. The van der Waals surface area contributed by atoms with Crippen LogP contribution in [0.15, 0.2) is 36.9 Å². The summed E-state index contributed by atoms with van der Waals surface area (Å²) in [5.74, 6) is -0.0271. The number of aliphatic hydroxyl groups is 1. The third-order valence-electron chi connectivity index (χ3n) is 3.75. The van der Waals surface area contributed by atoms with Gasteiger partial charge in [0.2, 0.25) is 6.33 Å². The summed E-state index contributed by atoms with van der Waals surface area (Å²) in [7, 11) is 6.10. The lowest BCUT2D eigenvalue weighted by molar-refractivity contribution is -0.873. The van der Waals surface area contributed by atoms with Crippen molar-refractivity contribution in [2.24, 2.45) is 0 Å². The van der Waals surface area contributed by atoms with Gasteiger partial charge in [0.05, 0.1) is 21.1 Å². The average Bonchev–Trinajstić information content (AvgIpc) is 2.87. The minimum Gasteiger partial charge on any atom is -0.508 e. The Morgan fingerprint density at radius 2 is 2.08 bits per heavy atom. The molecule has 0 radical (unpaired) electrons. The van der Waals surface area contributed by atoms with Gasteiger partial charge in [0.15, 0.2) is 6.54 Å². The number of aromatic nitrogens is 2. The van der Waals surface area contributed by atoms with Gasteiger partial charge < -0.3 is 20.0 Å². The summed E-state index contributed by atoms with van der Waals surface area (Å²) in [5, 5.41) is 22.6. The number of phenolic OH excluding ortho intramolecular Hbond substituents is 1. The lowest BCUT2D eigenvalue weighted by Gasteiger charge is -2.25. The number of amides is 1. The Bertz CT molecular complexity index is 734. The van der Waals surface area contributed by atoms with Crippen molar-refractivity contribution in [3.63, 3.8) is 0 Å². The van der Waals surface area contributed by atoms with Crippen molar-refractivity contribution in [1.82, 2.24) is 4.57 Å². The van der Waals surface area contributed by atoms with Crippen molar-refractivity contribution in [3.8, 4) is 5.75 Å². The first-order valence-corrected chi connectivity index (χ1v) is 8.25. The molecule has 1 atom stereocenters. The molecule has 7 heteroatoms. The van der Waals surface area contributed by atoms with Crippen LogP contribution in [0.5, 0.6) is 5.75 Å². The van der Waals surface area contributed by atoms with Gasteiger partial charge in [0.1, 0.15) is 37.3 Å². The van der Waals surface area contributed by atoms with Crippen molar-refractivity contribution >= 4 is 11.6 Å². The largest absolute Gasteiger partial charge is 0.508 e. The molecular formula is C18H28N4O3+2. The van der Waals surface area contributed by atoms with Crippen LogP contribution < -0.4 is 9.88 Å². The number of likely N-dealkylation sites (N-methyl/N-ethyl adjacent to an activating group) is 1. The molecule has 2 rings (SSSR count). The molecule has 136 valence electrons. The van der Waals surface area contributed by atoms with Crippen LogP contribution in [0.25, 0.3) is 0 Å². The number of aryl methyl sites for hydroxylation is 1. The topological polar surface area (TPSA) is 78.4 Å². The van der Waals surface area contributed by atoms with Gasteiger partial charge in [-0.25, -0.2) is 9.13 Å². The first-order valence-electron chi connectivity index (χ1n) is 8.25. The van der Waals surface area contributed by atoms with Gasteiger partial charge >= 0.3 is 0 Å². The summed E-state index contributed by atoms with van der Waals surface area (Å²) < 4.78 is 4.31. The maximum Gasteiger partial charge on any atom is 0.266 e. The maximum atomic E-state index is 12.1. The smallest absolute Gasteiger partial charge is 0.266 e. The van der Waals surface area contributed by atoms with Gasteiger partial charge in [0.25, 0.3) is 5.91 Å². The normalized spacial score (nSPS) is 12.8. The molecule has 3 N–H and O–H groups in total. The fourth-order valence-electron chi connectivity index (χ4n) is 2.63. The van der Waals surface area contributed by atoms with Gasteiger partial charge in [-0.1, -0.05) is 6.07 Å². The minimum atomic E-state index is -0.454. The molecule has 0 saturated carbocycles. The van der Waals surface area contributed by atoms with Gasteiger partial charge in [-0.3, -0.25) is 4.79 Å². The number of carbonyl (C=O) groups excluding carboxylic acids is 1. The number of phenols is 1. The number of aliphatic hydroxyl groups excluding tert-OH is 1. The maximum absolute atomic E-state index is 12.1. The standard InChI is InChI=1S/C18H26N4O3/c1-14-5-6-15(9-17(14)24)19-18(25)11-21-8-7-20(13-21)10-16(23)12-22(2,3)4/h5-9,13,16,23H,10-12H2,1-4H3/p+2. The number of nitrogens with zero attached hydrogens (tertiary/aromatic N) is 3. The molecular weight excluding hydrogens is 320 g/mol. The fourth-order valence-corrected chi connectivity index (χ4v) is 2.63. The molecule has 25 heavy (non-hydrogen) atoms. The molecule has 2 aromatic rings. The molecule has 1 heterocycles. The number of rotatable bonds is 7. The number of quaternary nitrogens is 1. The zero-order valence-corrected chi connectivity index (χ0v) is 15.3. The number of hydrogen-bond donors (Lipinski definition) is 3. The zero-order chi connectivity index (χ0) is 18.6. The van der Waals surface area contributed by atoms with E-state index in [9.17, 15) is 15.0 Å². The predicted molar refractivity (Wildman–Crippen MR) is 95.0 cm³/mol. The van der Waals surface area contributed by atoms with E-state index < -0.39 is 6.10 Å². The van der Waals surface area contributed by atoms with E-state index in [2.05, 4.69) is 5.32 Å². The second-order valence-corrected chi connectivity index (χ2v) is 7.46. The van der Waals surface area contributed by atoms with Crippen LogP contribution in [0.3, 0.4) is 0 Å². The highest BCUT2D eigenvalue weighted by Gasteiger charge is 2.19. The Labute approximate surface area is 148 Å². The molecule has 0 aliphatic heterocycles. The van der Waals surface area contributed by atoms with E-state index in [4.69, 9.17) is 0 Å². The van der Waals surface area contributed by atoms with Gasteiger partial charge in [0, 0.05) is 11.8 Å². The van der Waals surface area contributed by atoms with Gasteiger partial charge in [-0.05, 0) is 18.6 Å². The monoisotopic (exact) mass is 348 g/mol. The molecule has 0 aliphatic carbocycles. The van der Waals surface area contributed by atoms with Crippen LogP contribution in [0.2, 0.25) is 0 Å². The van der Waals surface area contributed by atoms with Crippen LogP contribution in [0, 0.1) is 6.92 Å². The van der Waals surface area contributed by atoms with Crippen LogP contribution in [-0.2, 0) is 17.9 Å². The quantitative estimate of drug-likeness (QED) is 0.504. The Hall–Kier alpha value is -2.38. The summed E-state index contributed by atoms with van der Waals surface area (Å²) in [6.45, 7) is 3.09. The number of aromatic hydroxyl groups is 1. The van der Waals surface area contributed by atoms with E-state index in [0.29, 0.717) is 23.3 Å². The molecule has 1 aromatic heterocycles. The molecule has 1 unspecified atom stereocenters. The number of carbonyl (C=O) groups is 1. The summed E-state index contributed by atoms with van der Waals surface area (Å²) in [5.41, 5.74) is 1.32. The third-order valence-corrected chi connectivity index (χ3v) is 3.75. The first-order chi connectivity index (χ1) is 11.6. The number of hydrogen-bond acceptors (Lipinski definition) is 3. The summed E-state index contributed by atoms with van der Waals surface area (Å²) in [6, 6.07) is 5.04. The fraction of sp³-hybridized carbons (Fsp3) is 0.444. The molecule has 0 bridgehead atoms. The van der Waals surface area contributed by atoms with Crippen LogP contribution in [-0.4, -0.2) is 59.0 Å². The summed E-state index contributed by atoms with van der Waals surface area (Å²) in [4.78, 5) is 12.1. The molecule has 0 aliphatic rings. The Morgan fingerprint density at radius 3 is 2.72 bits per heavy atom. The van der Waals surface area contributed by atoms with Crippen LogP contribution in [0.4, 0.5) is 5.69 Å². The van der Waals surface area contributed by atoms with E-state index in [1.54, 1.807) is 36.1 Å². The second kappa shape index (κ2) is 7.67. The van der Waals surface area contributed by atoms with Crippen molar-refractivity contribution in [2.45, 2.75) is 26.1 Å². The lowest BCUT2D eigenvalue weighted by Crippen LogP contribution is -2.43. The van der Waals surface area contributed by atoms with Crippen molar-refractivity contribution in [1.29, 1.82) is 0 Å². The zero-order valence-electron chi connectivity index (χ0n) is 15.3. The highest BCUT2D eigenvalue weighted by Crippen LogP contribution is 2.20. The Balaban J connectivity index is 1.89. The van der Waals surface area contributed by atoms with E-state index in [1.165, 1.54) is 6.07 Å². The Morgan fingerprint density at radius 1 is 1.36 bits per heavy atom. The second-order valence-electron chi connectivity index (χ2n) is 7.46. The van der Waals surface area contributed by atoms with Crippen molar-refractivity contribution < 1.29 is 24.1 Å². The lowest BCUT2D eigenvalue weighted by atomic mass is 10.2. The molecule has 0 spiro atoms. The van der Waals surface area contributed by atoms with E-state index in [1.807, 2.05) is 31.9 Å². The highest BCUT2D eigenvalue weighted by molar-refractivity contribution is 5.89. The molecule has 0 fully saturated rings. The molecule has 7 nitrogen and oxygen atoms in total. The number of benzene rings is 1. The van der Waals surface area contributed by atoms with E-state index in [-0.39, 0.29) is 18.2 Å². The van der Waals surface area contributed by atoms with E-state index >= 15 is 0 Å². The van der Waals surface area contributed by atoms with Crippen LogP contribution in [0.1, 0.15) is 5.56 Å². The number of imidazole rings is 1. The number of nitrogens with one attached hydrogen (secondary N) is 1. The van der Waals surface area contributed by atoms with Gasteiger partial charge in [-0.2, -0.15) is 0 Å². The number of anilines is 1. The SMILES string of the molecule is Cc1ccc(NC(=O)C[n+]2ccn(CC(O)C[N+](C)(C)C)c2)cc1O. The first kappa shape index (κ1) is 19.0. The average molecular weight is 348 g/mol. The Kier molecular flexibility index (Phi) is 5.81. The predicted octanol–water partition coefficient (Wildman–Crippen LogP) is 0.495. The third kappa shape index (κ3) is 6.21. The van der Waals surface area contributed by atoms with Crippen LogP contribution >= 0.6 is 0 Å². The summed E-state index contributed by atoms with van der Waals surface area (Å²) >= 11 is 0. The molecule has 1 aromatic carbocycles. The van der Waals surface area contributed by atoms with Gasteiger partial charge in [-0.15, -0.1) is 0 Å². The van der Waals surface area contributed by atoms with Crippen molar-refractivity contribution in [3.05, 3.63) is 42.5 Å². The minimum absolute atomic E-state index is 0.155. The van der Waals surface area contributed by atoms with E-state index in [0.717, 1.165) is 5.56 Å². The molecule has 1 amide bonds. The van der Waals surface area contributed by atoms with Crippen molar-refractivity contribution in [2.75, 3.05) is 33.0 Å². The molecule has 0 saturated heterocycles. The highest BCUT2D eigenvalue weighted by atomic mass is 16.3.